The third-order valence-electron chi connectivity index (χ3n) is 2.97. The first-order valence-electron chi connectivity index (χ1n) is 6.18. The summed E-state index contributed by atoms with van der Waals surface area (Å²) in [6.45, 7) is 0.430. The topological polar surface area (TPSA) is 50.7 Å². The minimum absolute atomic E-state index is 0.168. The quantitative estimate of drug-likeness (QED) is 0.815. The molecule has 0 radical (unpaired) electrons. The number of phenols is 1. The highest BCUT2D eigenvalue weighted by Gasteiger charge is 2.10. The Hall–Kier alpha value is -1.59. The van der Waals surface area contributed by atoms with Gasteiger partial charge in [0, 0.05) is 23.2 Å². The number of nitrogens with one attached hydrogen (secondary N) is 1. The van der Waals surface area contributed by atoms with Crippen molar-refractivity contribution in [3.8, 4) is 17.2 Å². The zero-order valence-corrected chi connectivity index (χ0v) is 14.0. The van der Waals surface area contributed by atoms with Crippen LogP contribution in [-0.4, -0.2) is 19.3 Å². The summed E-state index contributed by atoms with van der Waals surface area (Å²) in [7, 11) is 3.14. The Bertz CT molecular complexity index is 649. The molecule has 0 aromatic heterocycles. The Balaban J connectivity index is 2.20. The summed E-state index contributed by atoms with van der Waals surface area (Å²) in [6.07, 6.45) is 0. The van der Waals surface area contributed by atoms with Crippen molar-refractivity contribution in [2.45, 2.75) is 6.54 Å². The summed E-state index contributed by atoms with van der Waals surface area (Å²) in [5.74, 6) is 1.44. The highest BCUT2D eigenvalue weighted by Crippen LogP contribution is 2.37. The van der Waals surface area contributed by atoms with Crippen LogP contribution in [0.25, 0.3) is 0 Å². The fourth-order valence-corrected chi connectivity index (χ4v) is 2.88. The van der Waals surface area contributed by atoms with Crippen LogP contribution < -0.4 is 14.8 Å². The molecule has 0 saturated carbocycles. The highest BCUT2D eigenvalue weighted by atomic mass is 79.9. The number of benzene rings is 2. The van der Waals surface area contributed by atoms with Crippen LogP contribution in [0.3, 0.4) is 0 Å². The number of rotatable bonds is 5. The zero-order valence-electron chi connectivity index (χ0n) is 11.6. The second-order valence-corrected chi connectivity index (χ2v) is 5.61. The summed E-state index contributed by atoms with van der Waals surface area (Å²) in [5.41, 5.74) is 1.49. The Labute approximate surface area is 136 Å². The van der Waals surface area contributed by atoms with Gasteiger partial charge in [-0.3, -0.25) is 0 Å². The van der Waals surface area contributed by atoms with Crippen molar-refractivity contribution in [1.82, 2.24) is 0 Å². The van der Waals surface area contributed by atoms with Gasteiger partial charge in [-0.15, -0.1) is 0 Å². The average Bonchev–Trinajstić information content (AvgIpc) is 2.45. The molecule has 0 bridgehead atoms. The van der Waals surface area contributed by atoms with E-state index < -0.39 is 0 Å². The number of phenolic OH excluding ortho intramolecular Hbond substituents is 1. The Kier molecular flexibility index (Phi) is 5.20. The largest absolute Gasteiger partial charge is 0.507 e. The van der Waals surface area contributed by atoms with Gasteiger partial charge in [-0.2, -0.15) is 0 Å². The van der Waals surface area contributed by atoms with Crippen molar-refractivity contribution < 1.29 is 14.6 Å². The van der Waals surface area contributed by atoms with Gasteiger partial charge in [0.2, 0.25) is 0 Å². The lowest BCUT2D eigenvalue weighted by Gasteiger charge is -2.14. The van der Waals surface area contributed by atoms with E-state index in [0.29, 0.717) is 23.1 Å². The van der Waals surface area contributed by atoms with Crippen LogP contribution in [0.2, 0.25) is 5.02 Å². The third kappa shape index (κ3) is 3.74. The van der Waals surface area contributed by atoms with E-state index in [1.807, 2.05) is 0 Å². The van der Waals surface area contributed by atoms with Crippen LogP contribution in [0, 0.1) is 0 Å². The molecule has 2 aromatic rings. The van der Waals surface area contributed by atoms with Crippen LogP contribution in [0.1, 0.15) is 5.56 Å². The number of hydrogen-bond donors (Lipinski definition) is 2. The first-order valence-corrected chi connectivity index (χ1v) is 7.35. The minimum atomic E-state index is 0.168. The van der Waals surface area contributed by atoms with E-state index in [0.717, 1.165) is 15.7 Å². The number of aromatic hydroxyl groups is 1. The molecule has 21 heavy (non-hydrogen) atoms. The number of methoxy groups -OCH3 is 2. The normalized spacial score (nSPS) is 10.3. The molecular formula is C15H15BrClNO3. The standard InChI is InChI=1S/C15H15BrClNO3/c1-20-11-4-3-9(14(19)7-11)8-18-13-6-10(17)5-12(16)15(13)21-2/h3-7,18-19H,8H2,1-2H3. The van der Waals surface area contributed by atoms with Crippen molar-refractivity contribution in [2.24, 2.45) is 0 Å². The molecule has 0 aliphatic rings. The molecule has 0 unspecified atom stereocenters. The van der Waals surface area contributed by atoms with Crippen LogP contribution in [-0.2, 0) is 6.54 Å². The van der Waals surface area contributed by atoms with Gasteiger partial charge in [-0.25, -0.2) is 0 Å². The van der Waals surface area contributed by atoms with E-state index in [-0.39, 0.29) is 5.75 Å². The summed E-state index contributed by atoms with van der Waals surface area (Å²) in [4.78, 5) is 0. The van der Waals surface area contributed by atoms with Crippen molar-refractivity contribution in [3.05, 3.63) is 45.4 Å². The maximum absolute atomic E-state index is 9.95. The zero-order chi connectivity index (χ0) is 15.4. The number of anilines is 1. The summed E-state index contributed by atoms with van der Waals surface area (Å²) >= 11 is 9.44. The summed E-state index contributed by atoms with van der Waals surface area (Å²) in [6, 6.07) is 8.69. The first kappa shape index (κ1) is 15.8. The lowest BCUT2D eigenvalue weighted by molar-refractivity contribution is 0.406. The van der Waals surface area contributed by atoms with Gasteiger partial charge in [-0.1, -0.05) is 11.6 Å². The van der Waals surface area contributed by atoms with Gasteiger partial charge >= 0.3 is 0 Å². The van der Waals surface area contributed by atoms with Crippen molar-refractivity contribution in [1.29, 1.82) is 0 Å². The van der Waals surface area contributed by atoms with E-state index in [2.05, 4.69) is 21.2 Å². The molecule has 0 heterocycles. The fourth-order valence-electron chi connectivity index (χ4n) is 1.91. The monoisotopic (exact) mass is 371 g/mol. The molecular weight excluding hydrogens is 358 g/mol. The van der Waals surface area contributed by atoms with Gasteiger partial charge in [0.25, 0.3) is 0 Å². The molecule has 0 amide bonds. The lowest BCUT2D eigenvalue weighted by Crippen LogP contribution is -2.02. The molecule has 2 rings (SSSR count). The Morgan fingerprint density at radius 1 is 1.19 bits per heavy atom. The van der Waals surface area contributed by atoms with Crippen LogP contribution in [0.4, 0.5) is 5.69 Å². The number of halogens is 2. The minimum Gasteiger partial charge on any atom is -0.507 e. The van der Waals surface area contributed by atoms with E-state index in [1.54, 1.807) is 44.6 Å². The molecule has 112 valence electrons. The molecule has 0 aliphatic heterocycles. The number of ether oxygens (including phenoxy) is 2. The van der Waals surface area contributed by atoms with Crippen molar-refractivity contribution >= 4 is 33.2 Å². The maximum Gasteiger partial charge on any atom is 0.156 e. The molecule has 0 spiro atoms. The van der Waals surface area contributed by atoms with Crippen LogP contribution in [0.15, 0.2) is 34.8 Å². The third-order valence-corrected chi connectivity index (χ3v) is 3.78. The van der Waals surface area contributed by atoms with E-state index >= 15 is 0 Å². The molecule has 0 aliphatic carbocycles. The maximum atomic E-state index is 9.95. The summed E-state index contributed by atoms with van der Waals surface area (Å²) in [5, 5.41) is 13.7. The van der Waals surface area contributed by atoms with Gasteiger partial charge in [0.15, 0.2) is 5.75 Å². The predicted octanol–water partition coefficient (Wildman–Crippen LogP) is 4.44. The second-order valence-electron chi connectivity index (χ2n) is 4.32. The highest BCUT2D eigenvalue weighted by molar-refractivity contribution is 9.10. The molecule has 0 atom stereocenters. The average molecular weight is 373 g/mol. The van der Waals surface area contributed by atoms with E-state index in [9.17, 15) is 5.11 Å². The van der Waals surface area contributed by atoms with Crippen molar-refractivity contribution in [2.75, 3.05) is 19.5 Å². The van der Waals surface area contributed by atoms with E-state index in [1.165, 1.54) is 0 Å². The Morgan fingerprint density at radius 3 is 2.57 bits per heavy atom. The van der Waals surface area contributed by atoms with Gasteiger partial charge in [-0.05, 0) is 40.2 Å². The van der Waals surface area contributed by atoms with Gasteiger partial charge < -0.3 is 19.9 Å². The van der Waals surface area contributed by atoms with Gasteiger partial charge in [0.1, 0.15) is 11.5 Å². The van der Waals surface area contributed by atoms with Gasteiger partial charge in [0.05, 0.1) is 24.4 Å². The molecule has 0 fully saturated rings. The van der Waals surface area contributed by atoms with Crippen molar-refractivity contribution in [3.63, 3.8) is 0 Å². The Morgan fingerprint density at radius 2 is 1.95 bits per heavy atom. The fraction of sp³-hybridized carbons (Fsp3) is 0.200. The predicted molar refractivity (Wildman–Crippen MR) is 87.7 cm³/mol. The SMILES string of the molecule is COc1ccc(CNc2cc(Cl)cc(Br)c2OC)c(O)c1. The smallest absolute Gasteiger partial charge is 0.156 e. The molecule has 4 nitrogen and oxygen atoms in total. The first-order chi connectivity index (χ1) is 10.0. The lowest BCUT2D eigenvalue weighted by atomic mass is 10.2. The van der Waals surface area contributed by atoms with Crippen LogP contribution >= 0.6 is 27.5 Å². The second kappa shape index (κ2) is 6.91. The molecule has 2 N–H and O–H groups in total. The number of hydrogen-bond acceptors (Lipinski definition) is 4. The summed E-state index contributed by atoms with van der Waals surface area (Å²) < 4.78 is 11.2. The van der Waals surface area contributed by atoms with Crippen LogP contribution in [0.5, 0.6) is 17.2 Å². The molecule has 2 aromatic carbocycles. The van der Waals surface area contributed by atoms with E-state index in [4.69, 9.17) is 21.1 Å². The molecule has 6 heteroatoms. The molecule has 0 saturated heterocycles.